The number of nitrogens with zero attached hydrogens (tertiary/aromatic N) is 2. The van der Waals surface area contributed by atoms with E-state index >= 15 is 0 Å². The van der Waals surface area contributed by atoms with Crippen LogP contribution in [0.3, 0.4) is 0 Å². The number of carbonyl (C=O) groups is 3. The number of aromatic amines is 1. The summed E-state index contributed by atoms with van der Waals surface area (Å²) in [6.07, 6.45) is 6.25. The summed E-state index contributed by atoms with van der Waals surface area (Å²) in [5, 5.41) is 10.6. The average Bonchev–Trinajstić information content (AvgIpc) is 3.60. The van der Waals surface area contributed by atoms with Gasteiger partial charge >= 0.3 is 6.03 Å². The quantitative estimate of drug-likeness (QED) is 0.353. The van der Waals surface area contributed by atoms with Crippen molar-refractivity contribution >= 4 is 28.7 Å². The van der Waals surface area contributed by atoms with Crippen molar-refractivity contribution in [2.24, 2.45) is 0 Å². The summed E-state index contributed by atoms with van der Waals surface area (Å²) >= 11 is 0. The van der Waals surface area contributed by atoms with E-state index in [1.165, 1.54) is 5.56 Å². The number of aromatic nitrogens is 1. The molecule has 2 fully saturated rings. The maximum Gasteiger partial charge on any atom is 0.315 e. The van der Waals surface area contributed by atoms with Gasteiger partial charge in [-0.2, -0.15) is 0 Å². The van der Waals surface area contributed by atoms with E-state index in [0.717, 1.165) is 67.2 Å². The minimum Gasteiger partial charge on any atom is -0.361 e. The zero-order valence-electron chi connectivity index (χ0n) is 25.5. The molecule has 228 valence electrons. The first kappa shape index (κ1) is 29.2. The van der Waals surface area contributed by atoms with E-state index in [2.05, 4.69) is 45.2 Å². The molecule has 3 aromatic rings. The number of amides is 4. The first-order valence-corrected chi connectivity index (χ1v) is 15.7. The fourth-order valence-electron chi connectivity index (χ4n) is 7.65. The highest BCUT2D eigenvalue weighted by Gasteiger charge is 2.49. The Morgan fingerprint density at radius 3 is 2.53 bits per heavy atom. The van der Waals surface area contributed by atoms with Gasteiger partial charge in [-0.05, 0) is 61.4 Å². The lowest BCUT2D eigenvalue weighted by Crippen LogP contribution is -2.57. The molecule has 1 spiro atoms. The van der Waals surface area contributed by atoms with Gasteiger partial charge in [0.05, 0.1) is 5.92 Å². The average molecular weight is 585 g/mol. The maximum atomic E-state index is 14.3. The molecule has 4 N–H and O–H groups in total. The smallest absolute Gasteiger partial charge is 0.315 e. The Hall–Kier alpha value is -3.85. The fraction of sp³-hybridized carbons (Fsp3) is 0.500. The Balaban J connectivity index is 1.22. The zero-order chi connectivity index (χ0) is 30.1. The van der Waals surface area contributed by atoms with Crippen LogP contribution in [-0.2, 0) is 15.0 Å². The van der Waals surface area contributed by atoms with Crippen LogP contribution in [0.4, 0.5) is 4.79 Å². The lowest BCUT2D eigenvalue weighted by atomic mass is 9.73. The second kappa shape index (κ2) is 12.0. The van der Waals surface area contributed by atoms with Crippen LogP contribution in [0.5, 0.6) is 0 Å². The summed E-state index contributed by atoms with van der Waals surface area (Å²) in [5.41, 5.74) is 4.28. The molecular formula is C34H44N6O3. The summed E-state index contributed by atoms with van der Waals surface area (Å²) in [6, 6.07) is 15.4. The van der Waals surface area contributed by atoms with Crippen molar-refractivity contribution < 1.29 is 14.4 Å². The van der Waals surface area contributed by atoms with Crippen molar-refractivity contribution in [1.82, 2.24) is 30.7 Å². The third-order valence-corrected chi connectivity index (χ3v) is 10.1. The molecule has 1 aliphatic carbocycles. The van der Waals surface area contributed by atoms with Gasteiger partial charge in [-0.3, -0.25) is 9.59 Å². The highest BCUT2D eigenvalue weighted by molar-refractivity contribution is 5.90. The molecule has 1 aromatic heterocycles. The zero-order valence-corrected chi connectivity index (χ0v) is 25.5. The van der Waals surface area contributed by atoms with Crippen molar-refractivity contribution in [3.63, 3.8) is 0 Å². The monoisotopic (exact) mass is 584 g/mol. The van der Waals surface area contributed by atoms with Gasteiger partial charge in [0.25, 0.3) is 0 Å². The van der Waals surface area contributed by atoms with E-state index in [9.17, 15) is 14.4 Å². The molecule has 9 heteroatoms. The Kier molecular flexibility index (Phi) is 8.18. The Morgan fingerprint density at radius 1 is 1.05 bits per heavy atom. The molecule has 4 atom stereocenters. The Bertz CT molecular complexity index is 1480. The van der Waals surface area contributed by atoms with Gasteiger partial charge in [0.15, 0.2) is 0 Å². The van der Waals surface area contributed by atoms with Crippen LogP contribution < -0.4 is 16.0 Å². The molecule has 0 bridgehead atoms. The second-order valence-electron chi connectivity index (χ2n) is 12.9. The molecule has 6 rings (SSSR count). The summed E-state index contributed by atoms with van der Waals surface area (Å²) in [4.78, 5) is 47.7. The van der Waals surface area contributed by atoms with E-state index in [1.54, 1.807) is 4.90 Å². The fourth-order valence-corrected chi connectivity index (χ4v) is 7.65. The lowest BCUT2D eigenvalue weighted by Gasteiger charge is -2.42. The van der Waals surface area contributed by atoms with E-state index in [0.29, 0.717) is 13.1 Å². The molecule has 43 heavy (non-hydrogen) atoms. The number of H-pyrrole nitrogens is 1. The third kappa shape index (κ3) is 5.62. The summed E-state index contributed by atoms with van der Waals surface area (Å²) < 4.78 is 0. The normalized spacial score (nSPS) is 22.5. The molecule has 4 amide bonds. The van der Waals surface area contributed by atoms with E-state index in [4.69, 9.17) is 0 Å². The number of benzene rings is 2. The van der Waals surface area contributed by atoms with Crippen LogP contribution in [0.25, 0.3) is 10.9 Å². The minimum atomic E-state index is -0.719. The van der Waals surface area contributed by atoms with Gasteiger partial charge in [0.2, 0.25) is 11.8 Å². The Labute approximate surface area is 253 Å². The van der Waals surface area contributed by atoms with Crippen molar-refractivity contribution in [2.45, 2.75) is 68.4 Å². The van der Waals surface area contributed by atoms with Crippen molar-refractivity contribution in [3.8, 4) is 0 Å². The van der Waals surface area contributed by atoms with Crippen molar-refractivity contribution in [2.75, 3.05) is 40.3 Å². The summed E-state index contributed by atoms with van der Waals surface area (Å²) in [6.45, 7) is 4.89. The van der Waals surface area contributed by atoms with Crippen LogP contribution >= 0.6 is 0 Å². The van der Waals surface area contributed by atoms with E-state index < -0.39 is 6.04 Å². The predicted molar refractivity (Wildman–Crippen MR) is 168 cm³/mol. The van der Waals surface area contributed by atoms with E-state index in [-0.39, 0.29) is 41.1 Å². The molecule has 3 aliphatic rings. The number of rotatable bonds is 6. The van der Waals surface area contributed by atoms with Crippen LogP contribution in [0.1, 0.15) is 67.6 Å². The molecule has 0 saturated carbocycles. The number of hydrogen-bond acceptors (Lipinski definition) is 4. The molecule has 9 nitrogen and oxygen atoms in total. The summed E-state index contributed by atoms with van der Waals surface area (Å²) in [5.74, 6) is -0.317. The number of piperidine rings is 2. The highest BCUT2D eigenvalue weighted by Crippen LogP contribution is 2.52. The number of likely N-dealkylation sites (tertiary alicyclic amines) is 1. The molecule has 0 radical (unpaired) electrons. The SMILES string of the molecule is CC(c1c[nH]c2ccccc12)C(NC(=O)NC1CCCNC1)C(=O)N1CCC2(CC1)C[C@@H](C(=O)N(C)C)c1ccccc12. The molecule has 2 aliphatic heterocycles. The van der Waals surface area contributed by atoms with Crippen LogP contribution in [0.2, 0.25) is 0 Å². The van der Waals surface area contributed by atoms with E-state index in [1.807, 2.05) is 56.4 Å². The number of fused-ring (bicyclic) bond motifs is 3. The third-order valence-electron chi connectivity index (χ3n) is 10.1. The molecule has 3 unspecified atom stereocenters. The molecular weight excluding hydrogens is 540 g/mol. The van der Waals surface area contributed by atoms with Gasteiger partial charge in [0, 0.05) is 68.2 Å². The first-order valence-electron chi connectivity index (χ1n) is 15.7. The van der Waals surface area contributed by atoms with Gasteiger partial charge in [0.1, 0.15) is 6.04 Å². The van der Waals surface area contributed by atoms with Gasteiger partial charge in [-0.1, -0.05) is 49.4 Å². The largest absolute Gasteiger partial charge is 0.361 e. The van der Waals surface area contributed by atoms with Crippen molar-refractivity contribution in [3.05, 3.63) is 71.4 Å². The van der Waals surface area contributed by atoms with Crippen molar-refractivity contribution in [1.29, 1.82) is 0 Å². The lowest BCUT2D eigenvalue weighted by molar-refractivity contribution is -0.136. The van der Waals surface area contributed by atoms with Gasteiger partial charge in [-0.15, -0.1) is 0 Å². The predicted octanol–water partition coefficient (Wildman–Crippen LogP) is 3.83. The maximum absolute atomic E-state index is 14.3. The number of para-hydroxylation sites is 1. The minimum absolute atomic E-state index is 0.0444. The first-order chi connectivity index (χ1) is 20.8. The molecule has 2 saturated heterocycles. The topological polar surface area (TPSA) is 110 Å². The van der Waals surface area contributed by atoms with Gasteiger partial charge < -0.3 is 30.7 Å². The molecule has 3 heterocycles. The Morgan fingerprint density at radius 2 is 1.79 bits per heavy atom. The molecule has 2 aromatic carbocycles. The highest BCUT2D eigenvalue weighted by atomic mass is 16.2. The second-order valence-corrected chi connectivity index (χ2v) is 12.9. The number of hydrogen-bond donors (Lipinski definition) is 4. The summed E-state index contributed by atoms with van der Waals surface area (Å²) in [7, 11) is 3.64. The number of likely N-dealkylation sites (N-methyl/N-ethyl adjacent to an activating group) is 1. The number of urea groups is 1. The number of nitrogens with one attached hydrogen (secondary N) is 4. The van der Waals surface area contributed by atoms with Gasteiger partial charge in [-0.25, -0.2) is 4.79 Å². The van der Waals surface area contributed by atoms with Crippen LogP contribution in [-0.4, -0.2) is 85.0 Å². The van der Waals surface area contributed by atoms with Crippen LogP contribution in [0.15, 0.2) is 54.7 Å². The number of carbonyl (C=O) groups excluding carboxylic acids is 3. The standard InChI is InChI=1S/C34H44N6O3/c1-22(27-21-36-29-13-7-5-11-25(27)29)30(38-33(43)37-23-9-8-16-35-20-23)32(42)40-17-14-34(15-18-40)19-26(31(41)39(2)3)24-10-4-6-12-28(24)34/h4-7,10-13,21-23,26,30,35-36H,8-9,14-20H2,1-3H3,(H2,37,38,43)/t22?,23?,26-,30?/m1/s1. The van der Waals surface area contributed by atoms with Crippen LogP contribution in [0, 0.1) is 0 Å².